The average molecular weight is 185 g/mol. The van der Waals surface area contributed by atoms with E-state index in [1.807, 2.05) is 0 Å². The van der Waals surface area contributed by atoms with Gasteiger partial charge in [-0.2, -0.15) is 0 Å². The summed E-state index contributed by atoms with van der Waals surface area (Å²) in [6, 6.07) is 6.63. The maximum absolute atomic E-state index is 5.35. The molecule has 0 atom stereocenters. The summed E-state index contributed by atoms with van der Waals surface area (Å²) < 4.78 is 0. The molecule has 1 nitrogen and oxygen atoms in total. The van der Waals surface area contributed by atoms with E-state index in [1.165, 1.54) is 29.7 Å². The van der Waals surface area contributed by atoms with Crippen LogP contribution in [0.15, 0.2) is 18.2 Å². The molecule has 0 bridgehead atoms. The molecule has 0 saturated carbocycles. The Labute approximate surface area is 85.7 Å². The predicted octanol–water partition coefficient (Wildman–Crippen LogP) is 2.38. The van der Waals surface area contributed by atoms with E-state index in [4.69, 9.17) is 6.42 Å². The molecular formula is C13H15N. The van der Waals surface area contributed by atoms with Crippen LogP contribution in [0.3, 0.4) is 0 Å². The van der Waals surface area contributed by atoms with E-state index < -0.39 is 0 Å². The third-order valence-electron chi connectivity index (χ3n) is 2.73. The number of aryl methyl sites for hydroxylation is 2. The van der Waals surface area contributed by atoms with Gasteiger partial charge in [0.1, 0.15) is 0 Å². The molecular weight excluding hydrogens is 170 g/mol. The Bertz CT molecular complexity index is 373. The zero-order valence-electron chi connectivity index (χ0n) is 8.59. The molecule has 1 aliphatic rings. The molecule has 0 aliphatic carbocycles. The molecule has 72 valence electrons. The fourth-order valence-electron chi connectivity index (χ4n) is 2.08. The van der Waals surface area contributed by atoms with Gasteiger partial charge in [0.25, 0.3) is 0 Å². The summed E-state index contributed by atoms with van der Waals surface area (Å²) >= 11 is 0. The largest absolute Gasteiger partial charge is 0.360 e. The van der Waals surface area contributed by atoms with Gasteiger partial charge in [-0.05, 0) is 31.4 Å². The second-order valence-corrected chi connectivity index (χ2v) is 3.86. The van der Waals surface area contributed by atoms with Crippen molar-refractivity contribution in [1.82, 2.24) is 0 Å². The summed E-state index contributed by atoms with van der Waals surface area (Å²) in [5.74, 6) is 2.72. The Balaban J connectivity index is 2.36. The van der Waals surface area contributed by atoms with Crippen molar-refractivity contribution in [2.45, 2.75) is 19.8 Å². The number of anilines is 1. The van der Waals surface area contributed by atoms with Crippen molar-refractivity contribution >= 4 is 5.69 Å². The van der Waals surface area contributed by atoms with Crippen LogP contribution in [-0.4, -0.2) is 13.1 Å². The topological polar surface area (TPSA) is 3.24 Å². The fourth-order valence-corrected chi connectivity index (χ4v) is 2.08. The lowest BCUT2D eigenvalue weighted by Gasteiger charge is -2.29. The van der Waals surface area contributed by atoms with Crippen LogP contribution < -0.4 is 4.90 Å². The molecule has 14 heavy (non-hydrogen) atoms. The van der Waals surface area contributed by atoms with Crippen LogP contribution in [0.5, 0.6) is 0 Å². The number of benzene rings is 1. The molecule has 1 aromatic rings. The number of rotatable bonds is 1. The second kappa shape index (κ2) is 3.75. The van der Waals surface area contributed by atoms with Gasteiger partial charge in [0.15, 0.2) is 0 Å². The van der Waals surface area contributed by atoms with E-state index in [0.29, 0.717) is 0 Å². The molecule has 0 aromatic heterocycles. The first-order valence-electron chi connectivity index (χ1n) is 5.09. The molecule has 1 aliphatic heterocycles. The molecule has 2 rings (SSSR count). The van der Waals surface area contributed by atoms with E-state index in [-0.39, 0.29) is 0 Å². The average Bonchev–Trinajstić information content (AvgIpc) is 2.18. The highest BCUT2D eigenvalue weighted by Crippen LogP contribution is 2.27. The van der Waals surface area contributed by atoms with Gasteiger partial charge < -0.3 is 4.90 Å². The highest BCUT2D eigenvalue weighted by Gasteiger charge is 2.15. The van der Waals surface area contributed by atoms with Crippen molar-refractivity contribution in [2.75, 3.05) is 18.0 Å². The van der Waals surface area contributed by atoms with Crippen LogP contribution >= 0.6 is 0 Å². The molecule has 0 N–H and O–H groups in total. The first-order valence-corrected chi connectivity index (χ1v) is 5.09. The zero-order valence-corrected chi connectivity index (χ0v) is 8.59. The first-order chi connectivity index (χ1) is 6.81. The van der Waals surface area contributed by atoms with E-state index in [1.54, 1.807) is 0 Å². The number of hydrogen-bond donors (Lipinski definition) is 0. The molecule has 1 aromatic carbocycles. The molecule has 0 fully saturated rings. The monoisotopic (exact) mass is 185 g/mol. The minimum atomic E-state index is 0.732. The maximum Gasteiger partial charge on any atom is 0.0791 e. The number of fused-ring (bicyclic) bond motifs is 1. The zero-order chi connectivity index (χ0) is 9.97. The summed E-state index contributed by atoms with van der Waals surface area (Å²) in [6.45, 7) is 3.97. The quantitative estimate of drug-likeness (QED) is 0.607. The van der Waals surface area contributed by atoms with Gasteiger partial charge in [0.05, 0.1) is 6.54 Å². The minimum absolute atomic E-state index is 0.732. The number of nitrogens with zero attached hydrogens (tertiary/aromatic N) is 1. The van der Waals surface area contributed by atoms with Crippen LogP contribution in [0.2, 0.25) is 0 Å². The van der Waals surface area contributed by atoms with Gasteiger partial charge >= 0.3 is 0 Å². The van der Waals surface area contributed by atoms with Gasteiger partial charge in [0, 0.05) is 12.2 Å². The highest BCUT2D eigenvalue weighted by atomic mass is 15.1. The lowest BCUT2D eigenvalue weighted by Crippen LogP contribution is -2.29. The van der Waals surface area contributed by atoms with Gasteiger partial charge in [0.2, 0.25) is 0 Å². The Morgan fingerprint density at radius 3 is 3.14 bits per heavy atom. The van der Waals surface area contributed by atoms with Crippen LogP contribution in [-0.2, 0) is 6.42 Å². The Kier molecular flexibility index (Phi) is 2.45. The summed E-state index contributed by atoms with van der Waals surface area (Å²) in [5.41, 5.74) is 4.12. The molecule has 0 saturated heterocycles. The van der Waals surface area contributed by atoms with E-state index >= 15 is 0 Å². The number of hydrogen-bond acceptors (Lipinski definition) is 1. The molecule has 0 amide bonds. The third-order valence-corrected chi connectivity index (χ3v) is 2.73. The summed E-state index contributed by atoms with van der Waals surface area (Å²) in [6.07, 6.45) is 7.77. The lowest BCUT2D eigenvalue weighted by molar-refractivity contribution is 0.726. The maximum atomic E-state index is 5.35. The van der Waals surface area contributed by atoms with Crippen molar-refractivity contribution in [3.63, 3.8) is 0 Å². The van der Waals surface area contributed by atoms with Crippen LogP contribution in [0.25, 0.3) is 0 Å². The van der Waals surface area contributed by atoms with Crippen LogP contribution in [0.1, 0.15) is 17.5 Å². The SMILES string of the molecule is C#CCN1CCCc2cc(C)ccc21. The molecule has 0 radical (unpaired) electrons. The Morgan fingerprint density at radius 1 is 1.50 bits per heavy atom. The van der Waals surface area contributed by atoms with Gasteiger partial charge in [-0.25, -0.2) is 0 Å². The van der Waals surface area contributed by atoms with Crippen LogP contribution in [0, 0.1) is 19.3 Å². The standard InChI is InChI=1S/C13H15N/c1-3-8-14-9-4-5-12-10-11(2)6-7-13(12)14/h1,6-7,10H,4-5,8-9H2,2H3. The van der Waals surface area contributed by atoms with Crippen molar-refractivity contribution < 1.29 is 0 Å². The molecule has 1 heterocycles. The van der Waals surface area contributed by atoms with Crippen molar-refractivity contribution in [1.29, 1.82) is 0 Å². The van der Waals surface area contributed by atoms with E-state index in [0.717, 1.165) is 13.1 Å². The predicted molar refractivity (Wildman–Crippen MR) is 60.5 cm³/mol. The Hall–Kier alpha value is -1.42. The van der Waals surface area contributed by atoms with Gasteiger partial charge in [-0.15, -0.1) is 6.42 Å². The molecule has 0 unspecified atom stereocenters. The fraction of sp³-hybridized carbons (Fsp3) is 0.385. The lowest BCUT2D eigenvalue weighted by atomic mass is 10.00. The second-order valence-electron chi connectivity index (χ2n) is 3.86. The van der Waals surface area contributed by atoms with Gasteiger partial charge in [-0.1, -0.05) is 23.6 Å². The van der Waals surface area contributed by atoms with Crippen molar-refractivity contribution in [3.8, 4) is 12.3 Å². The smallest absolute Gasteiger partial charge is 0.0791 e. The van der Waals surface area contributed by atoms with Crippen molar-refractivity contribution in [2.24, 2.45) is 0 Å². The minimum Gasteiger partial charge on any atom is -0.360 e. The third kappa shape index (κ3) is 1.61. The van der Waals surface area contributed by atoms with Crippen LogP contribution in [0.4, 0.5) is 5.69 Å². The van der Waals surface area contributed by atoms with Gasteiger partial charge in [-0.3, -0.25) is 0 Å². The summed E-state index contributed by atoms with van der Waals surface area (Å²) in [7, 11) is 0. The van der Waals surface area contributed by atoms with E-state index in [2.05, 4.69) is 35.9 Å². The number of terminal acetylenes is 1. The highest BCUT2D eigenvalue weighted by molar-refractivity contribution is 5.57. The molecule has 1 heteroatoms. The Morgan fingerprint density at radius 2 is 2.36 bits per heavy atom. The summed E-state index contributed by atoms with van der Waals surface area (Å²) in [5, 5.41) is 0. The van der Waals surface area contributed by atoms with Crippen molar-refractivity contribution in [3.05, 3.63) is 29.3 Å². The first kappa shape index (κ1) is 9.15. The summed E-state index contributed by atoms with van der Waals surface area (Å²) in [4.78, 5) is 2.29. The van der Waals surface area contributed by atoms with E-state index in [9.17, 15) is 0 Å². The normalized spacial score (nSPS) is 14.7. The molecule has 0 spiro atoms.